The Hall–Kier alpha value is -0.300. The second-order valence-electron chi connectivity index (χ2n) is 3.35. The predicted molar refractivity (Wildman–Crippen MR) is 42.8 cm³/mol. The Kier molecular flexibility index (Phi) is 1.53. The molecule has 1 heteroatoms. The van der Waals surface area contributed by atoms with Gasteiger partial charge in [-0.3, -0.25) is 0 Å². The molecule has 1 N–H and O–H groups in total. The second-order valence-corrected chi connectivity index (χ2v) is 3.35. The third-order valence-corrected chi connectivity index (χ3v) is 2.75. The van der Waals surface area contributed by atoms with Crippen molar-refractivity contribution in [3.8, 4) is 0 Å². The number of allylic oxidation sites excluding steroid dienone is 2. The summed E-state index contributed by atoms with van der Waals surface area (Å²) in [6.07, 6.45) is 7.31. The summed E-state index contributed by atoms with van der Waals surface area (Å²) in [5, 5.41) is 3.52. The minimum atomic E-state index is 0.861. The predicted octanol–water partition coefficient (Wildman–Crippen LogP) is 1.56. The van der Waals surface area contributed by atoms with Gasteiger partial charge in [-0.25, -0.2) is 0 Å². The molecule has 0 heterocycles. The zero-order valence-electron chi connectivity index (χ0n) is 6.51. The maximum Gasteiger partial charge on any atom is 0.0136 e. The molecule has 0 aromatic heterocycles. The Bertz CT molecular complexity index is 137. The van der Waals surface area contributed by atoms with E-state index in [1.54, 1.807) is 0 Å². The molecule has 1 nitrogen and oxygen atoms in total. The van der Waals surface area contributed by atoms with Crippen LogP contribution in [0.4, 0.5) is 0 Å². The minimum absolute atomic E-state index is 0.861. The van der Waals surface area contributed by atoms with Crippen LogP contribution < -0.4 is 5.32 Å². The Morgan fingerprint density at radius 1 is 1.30 bits per heavy atom. The minimum Gasteiger partial charge on any atom is -0.314 e. The van der Waals surface area contributed by atoms with E-state index in [4.69, 9.17) is 0 Å². The number of hydrogen-bond donors (Lipinski definition) is 1. The van der Waals surface area contributed by atoms with Crippen molar-refractivity contribution < 1.29 is 0 Å². The molecule has 0 aromatic rings. The van der Waals surface area contributed by atoms with E-state index in [2.05, 4.69) is 24.4 Å². The van der Waals surface area contributed by atoms with E-state index >= 15 is 0 Å². The Labute approximate surface area is 62.5 Å². The molecule has 2 rings (SSSR count). The van der Waals surface area contributed by atoms with Gasteiger partial charge in [0.05, 0.1) is 0 Å². The molecule has 0 aliphatic heterocycles. The first-order valence-electron chi connectivity index (χ1n) is 4.32. The zero-order valence-corrected chi connectivity index (χ0v) is 6.51. The van der Waals surface area contributed by atoms with Gasteiger partial charge in [0.25, 0.3) is 0 Å². The van der Waals surface area contributed by atoms with Crippen LogP contribution >= 0.6 is 0 Å². The highest BCUT2D eigenvalue weighted by molar-refractivity contribution is 5.12. The van der Waals surface area contributed by atoms with Gasteiger partial charge in [-0.15, -0.1) is 0 Å². The van der Waals surface area contributed by atoms with Crippen LogP contribution in [0.1, 0.15) is 19.8 Å². The fourth-order valence-corrected chi connectivity index (χ4v) is 2.13. The number of rotatable bonds is 2. The first kappa shape index (κ1) is 6.41. The molecule has 0 radical (unpaired) electrons. The molecule has 1 fully saturated rings. The first-order valence-corrected chi connectivity index (χ1v) is 4.32. The third kappa shape index (κ3) is 0.891. The molecule has 10 heavy (non-hydrogen) atoms. The number of hydrogen-bond acceptors (Lipinski definition) is 1. The molecule has 0 bridgehead atoms. The van der Waals surface area contributed by atoms with Gasteiger partial charge in [0.1, 0.15) is 0 Å². The summed E-state index contributed by atoms with van der Waals surface area (Å²) >= 11 is 0. The summed E-state index contributed by atoms with van der Waals surface area (Å²) in [6.45, 7) is 3.33. The summed E-state index contributed by atoms with van der Waals surface area (Å²) in [6, 6.07) is 0.861. The van der Waals surface area contributed by atoms with Crippen LogP contribution in [0.5, 0.6) is 0 Å². The monoisotopic (exact) mass is 137 g/mol. The lowest BCUT2D eigenvalue weighted by Gasteiger charge is -1.96. The van der Waals surface area contributed by atoms with Crippen molar-refractivity contribution >= 4 is 0 Å². The molecular weight excluding hydrogens is 122 g/mol. The van der Waals surface area contributed by atoms with E-state index in [0.717, 1.165) is 24.4 Å². The molecule has 1 saturated carbocycles. The average molecular weight is 137 g/mol. The largest absolute Gasteiger partial charge is 0.314 e. The number of fused-ring (bicyclic) bond motifs is 1. The molecule has 0 aromatic carbocycles. The van der Waals surface area contributed by atoms with Crippen molar-refractivity contribution in [2.75, 3.05) is 6.54 Å². The molecule has 0 amide bonds. The lowest BCUT2D eigenvalue weighted by Crippen LogP contribution is -2.18. The molecule has 56 valence electrons. The highest BCUT2D eigenvalue weighted by Gasteiger charge is 2.48. The Balaban J connectivity index is 1.86. The lowest BCUT2D eigenvalue weighted by molar-refractivity contribution is 0.656. The fraction of sp³-hybridized carbons (Fsp3) is 0.778. The molecule has 0 spiro atoms. The molecule has 2 unspecified atom stereocenters. The van der Waals surface area contributed by atoms with Crippen molar-refractivity contribution in [2.45, 2.75) is 25.8 Å². The van der Waals surface area contributed by atoms with E-state index in [-0.39, 0.29) is 0 Å². The van der Waals surface area contributed by atoms with Crippen molar-refractivity contribution in [2.24, 2.45) is 11.8 Å². The summed E-state index contributed by atoms with van der Waals surface area (Å²) in [4.78, 5) is 0. The van der Waals surface area contributed by atoms with E-state index in [1.807, 2.05) is 0 Å². The standard InChI is InChI=1S/C9H15N/c1-2-10-9-7-5-3-4-6-8(7)9/h3-4,7-10H,2,5-6H2,1H3. The molecule has 2 aliphatic rings. The third-order valence-electron chi connectivity index (χ3n) is 2.75. The fourth-order valence-electron chi connectivity index (χ4n) is 2.13. The van der Waals surface area contributed by atoms with Crippen molar-refractivity contribution in [1.82, 2.24) is 5.32 Å². The van der Waals surface area contributed by atoms with E-state index in [9.17, 15) is 0 Å². The molecular formula is C9H15N. The van der Waals surface area contributed by atoms with Gasteiger partial charge in [0.2, 0.25) is 0 Å². The van der Waals surface area contributed by atoms with Gasteiger partial charge >= 0.3 is 0 Å². The zero-order chi connectivity index (χ0) is 6.97. The van der Waals surface area contributed by atoms with Gasteiger partial charge in [-0.2, -0.15) is 0 Å². The van der Waals surface area contributed by atoms with Crippen LogP contribution in [0.3, 0.4) is 0 Å². The van der Waals surface area contributed by atoms with Crippen molar-refractivity contribution in [1.29, 1.82) is 0 Å². The van der Waals surface area contributed by atoms with E-state index < -0.39 is 0 Å². The van der Waals surface area contributed by atoms with Gasteiger partial charge in [0.15, 0.2) is 0 Å². The molecule has 2 aliphatic carbocycles. The summed E-state index contributed by atoms with van der Waals surface area (Å²) < 4.78 is 0. The molecule has 0 saturated heterocycles. The Morgan fingerprint density at radius 2 is 1.90 bits per heavy atom. The number of nitrogens with one attached hydrogen (secondary N) is 1. The lowest BCUT2D eigenvalue weighted by atomic mass is 10.1. The highest BCUT2D eigenvalue weighted by Crippen LogP contribution is 2.46. The van der Waals surface area contributed by atoms with Crippen LogP contribution in [-0.2, 0) is 0 Å². The van der Waals surface area contributed by atoms with Crippen LogP contribution in [0.25, 0.3) is 0 Å². The summed E-state index contributed by atoms with van der Waals surface area (Å²) in [7, 11) is 0. The van der Waals surface area contributed by atoms with Crippen molar-refractivity contribution in [3.63, 3.8) is 0 Å². The summed E-state index contributed by atoms with van der Waals surface area (Å²) in [5.41, 5.74) is 0. The normalized spacial score (nSPS) is 43.1. The maximum absolute atomic E-state index is 3.52. The molecule has 2 atom stereocenters. The van der Waals surface area contributed by atoms with Crippen LogP contribution in [0.2, 0.25) is 0 Å². The second kappa shape index (κ2) is 2.39. The Morgan fingerprint density at radius 3 is 2.40 bits per heavy atom. The quantitative estimate of drug-likeness (QED) is 0.569. The smallest absolute Gasteiger partial charge is 0.0136 e. The average Bonchev–Trinajstić information content (AvgIpc) is 2.66. The topological polar surface area (TPSA) is 12.0 Å². The van der Waals surface area contributed by atoms with Gasteiger partial charge in [-0.05, 0) is 31.2 Å². The van der Waals surface area contributed by atoms with E-state index in [0.29, 0.717) is 0 Å². The first-order chi connectivity index (χ1) is 4.93. The van der Waals surface area contributed by atoms with Gasteiger partial charge < -0.3 is 5.32 Å². The highest BCUT2D eigenvalue weighted by atomic mass is 15.0. The maximum atomic E-state index is 3.52. The van der Waals surface area contributed by atoms with E-state index in [1.165, 1.54) is 12.8 Å². The van der Waals surface area contributed by atoms with Crippen LogP contribution in [0, 0.1) is 11.8 Å². The SMILES string of the molecule is CCNC1C2CC=CCC21. The van der Waals surface area contributed by atoms with Gasteiger partial charge in [-0.1, -0.05) is 19.1 Å². The summed E-state index contributed by atoms with van der Waals surface area (Å²) in [5.74, 6) is 1.98. The van der Waals surface area contributed by atoms with Crippen LogP contribution in [-0.4, -0.2) is 12.6 Å². The van der Waals surface area contributed by atoms with Crippen LogP contribution in [0.15, 0.2) is 12.2 Å². The van der Waals surface area contributed by atoms with Crippen molar-refractivity contribution in [3.05, 3.63) is 12.2 Å². The van der Waals surface area contributed by atoms with Gasteiger partial charge in [0, 0.05) is 6.04 Å².